The van der Waals surface area contributed by atoms with E-state index in [-0.39, 0.29) is 23.9 Å². The van der Waals surface area contributed by atoms with Crippen molar-refractivity contribution in [1.29, 1.82) is 0 Å². The van der Waals surface area contributed by atoms with Crippen LogP contribution >= 0.6 is 11.6 Å². The first-order valence-corrected chi connectivity index (χ1v) is 8.35. The number of amides is 2. The maximum absolute atomic E-state index is 11.4. The molecule has 1 aromatic rings. The van der Waals surface area contributed by atoms with E-state index >= 15 is 0 Å². The van der Waals surface area contributed by atoms with Crippen molar-refractivity contribution in [2.24, 2.45) is 0 Å². The molecule has 0 unspecified atom stereocenters. The van der Waals surface area contributed by atoms with Gasteiger partial charge in [-0.25, -0.2) is 4.79 Å². The van der Waals surface area contributed by atoms with Crippen molar-refractivity contribution in [2.75, 3.05) is 23.6 Å². The minimum absolute atomic E-state index is 0.0109. The zero-order valence-electron chi connectivity index (χ0n) is 13.5. The topological polar surface area (TPSA) is 99.7 Å². The van der Waals surface area contributed by atoms with Crippen LogP contribution in [0.2, 0.25) is 0 Å². The lowest BCUT2D eigenvalue weighted by atomic mass is 9.91. The van der Waals surface area contributed by atoms with Crippen LogP contribution in [0.3, 0.4) is 0 Å². The average Bonchev–Trinajstić information content (AvgIpc) is 2.56. The monoisotopic (exact) mass is 355 g/mol. The first kappa shape index (κ1) is 18.2. The number of nitrogens with one attached hydrogen (secondary N) is 3. The molecule has 0 aliphatic heterocycles. The second-order valence-corrected chi connectivity index (χ2v) is 6.01. The zero-order valence-corrected chi connectivity index (χ0v) is 14.2. The van der Waals surface area contributed by atoms with Crippen molar-refractivity contribution < 1.29 is 19.4 Å². The SMILES string of the molecule is COc1ccc(NC(=O)CCl)cc1NC1CCC(NC(=O)O)CC1. The Hall–Kier alpha value is -2.15. The van der Waals surface area contributed by atoms with E-state index in [4.69, 9.17) is 21.4 Å². The molecule has 0 spiro atoms. The predicted octanol–water partition coefficient (Wildman–Crippen LogP) is 2.86. The van der Waals surface area contributed by atoms with E-state index in [1.54, 1.807) is 19.2 Å². The fourth-order valence-electron chi connectivity index (χ4n) is 2.87. The van der Waals surface area contributed by atoms with Crippen LogP contribution in [0.1, 0.15) is 25.7 Å². The van der Waals surface area contributed by atoms with E-state index in [1.807, 2.05) is 6.07 Å². The summed E-state index contributed by atoms with van der Waals surface area (Å²) in [7, 11) is 1.59. The molecule has 2 amide bonds. The number of methoxy groups -OCH3 is 1. The number of alkyl halides is 1. The number of carbonyl (C=O) groups excluding carboxylic acids is 1. The van der Waals surface area contributed by atoms with Crippen LogP contribution in [-0.2, 0) is 4.79 Å². The number of hydrogen-bond acceptors (Lipinski definition) is 4. The Balaban J connectivity index is 1.99. The van der Waals surface area contributed by atoms with E-state index < -0.39 is 6.09 Å². The van der Waals surface area contributed by atoms with Gasteiger partial charge in [0.05, 0.1) is 12.8 Å². The minimum Gasteiger partial charge on any atom is -0.495 e. The Labute approximate surface area is 145 Å². The molecular weight excluding hydrogens is 334 g/mol. The van der Waals surface area contributed by atoms with Gasteiger partial charge in [-0.1, -0.05) is 0 Å². The number of carboxylic acid groups (broad SMARTS) is 1. The number of ether oxygens (including phenoxy) is 1. The van der Waals surface area contributed by atoms with E-state index in [0.29, 0.717) is 11.4 Å². The molecule has 1 aliphatic carbocycles. The maximum Gasteiger partial charge on any atom is 0.404 e. The van der Waals surface area contributed by atoms with Crippen LogP contribution in [0.5, 0.6) is 5.75 Å². The fourth-order valence-corrected chi connectivity index (χ4v) is 2.94. The molecule has 8 heteroatoms. The molecule has 1 saturated carbocycles. The molecule has 0 saturated heterocycles. The summed E-state index contributed by atoms with van der Waals surface area (Å²) >= 11 is 5.51. The largest absolute Gasteiger partial charge is 0.495 e. The van der Waals surface area contributed by atoms with Crippen molar-refractivity contribution >= 4 is 35.0 Å². The molecule has 2 rings (SSSR count). The highest BCUT2D eigenvalue weighted by molar-refractivity contribution is 6.29. The molecular formula is C16H22ClN3O4. The van der Waals surface area contributed by atoms with Gasteiger partial charge in [-0.3, -0.25) is 4.79 Å². The van der Waals surface area contributed by atoms with Crippen LogP contribution < -0.4 is 20.7 Å². The first-order chi connectivity index (χ1) is 11.5. The van der Waals surface area contributed by atoms with Gasteiger partial charge in [0.1, 0.15) is 11.6 Å². The van der Waals surface area contributed by atoms with E-state index in [1.165, 1.54) is 0 Å². The Kier molecular flexibility index (Phi) is 6.54. The van der Waals surface area contributed by atoms with Crippen LogP contribution in [0.15, 0.2) is 18.2 Å². The van der Waals surface area contributed by atoms with Gasteiger partial charge in [-0.15, -0.1) is 11.6 Å². The standard InChI is InChI=1S/C16H22ClN3O4/c1-24-14-7-6-12(19-15(21)9-17)8-13(14)18-10-2-4-11(5-3-10)20-16(22)23/h6-8,10-11,18,20H,2-5,9H2,1H3,(H,19,21)(H,22,23). The van der Waals surface area contributed by atoms with Crippen molar-refractivity contribution in [1.82, 2.24) is 5.32 Å². The summed E-state index contributed by atoms with van der Waals surface area (Å²) in [6.45, 7) is 0. The lowest BCUT2D eigenvalue weighted by Gasteiger charge is -2.30. The van der Waals surface area contributed by atoms with Crippen molar-refractivity contribution in [2.45, 2.75) is 37.8 Å². The highest BCUT2D eigenvalue weighted by Gasteiger charge is 2.23. The number of halogens is 1. The maximum atomic E-state index is 11.4. The van der Waals surface area contributed by atoms with Gasteiger partial charge in [-0.05, 0) is 43.9 Å². The van der Waals surface area contributed by atoms with Crippen LogP contribution in [0.4, 0.5) is 16.2 Å². The molecule has 0 bridgehead atoms. The normalized spacial score (nSPS) is 20.1. The summed E-state index contributed by atoms with van der Waals surface area (Å²) in [6.07, 6.45) is 2.30. The van der Waals surface area contributed by atoms with E-state index in [0.717, 1.165) is 31.4 Å². The highest BCUT2D eigenvalue weighted by Crippen LogP contribution is 2.31. The second kappa shape index (κ2) is 8.63. The molecule has 1 aromatic carbocycles. The molecule has 4 N–H and O–H groups in total. The summed E-state index contributed by atoms with van der Waals surface area (Å²) in [5.41, 5.74) is 1.43. The number of benzene rings is 1. The number of carbonyl (C=O) groups is 2. The number of rotatable bonds is 6. The predicted molar refractivity (Wildman–Crippen MR) is 93.2 cm³/mol. The van der Waals surface area contributed by atoms with Crippen LogP contribution in [0, 0.1) is 0 Å². The molecule has 7 nitrogen and oxygen atoms in total. The Morgan fingerprint density at radius 3 is 2.50 bits per heavy atom. The molecule has 1 aliphatic rings. The smallest absolute Gasteiger partial charge is 0.404 e. The van der Waals surface area contributed by atoms with E-state index in [2.05, 4.69) is 16.0 Å². The molecule has 24 heavy (non-hydrogen) atoms. The third kappa shape index (κ3) is 5.19. The molecule has 0 atom stereocenters. The summed E-state index contributed by atoms with van der Waals surface area (Å²) in [4.78, 5) is 22.1. The molecule has 132 valence electrons. The quantitative estimate of drug-likeness (QED) is 0.588. The number of anilines is 2. The molecule has 0 aromatic heterocycles. The average molecular weight is 356 g/mol. The van der Waals surface area contributed by atoms with Crippen molar-refractivity contribution in [3.8, 4) is 5.75 Å². The Morgan fingerprint density at radius 1 is 1.25 bits per heavy atom. The highest BCUT2D eigenvalue weighted by atomic mass is 35.5. The summed E-state index contributed by atoms with van der Waals surface area (Å²) in [5, 5.41) is 17.4. The molecule has 0 heterocycles. The number of hydrogen-bond donors (Lipinski definition) is 4. The second-order valence-electron chi connectivity index (χ2n) is 5.74. The summed E-state index contributed by atoms with van der Waals surface area (Å²) in [6, 6.07) is 5.58. The van der Waals surface area contributed by atoms with Crippen molar-refractivity contribution in [3.05, 3.63) is 18.2 Å². The summed E-state index contributed by atoms with van der Waals surface area (Å²) in [5.74, 6) is 0.313. The van der Waals surface area contributed by atoms with Gasteiger partial charge < -0.3 is 25.8 Å². The zero-order chi connectivity index (χ0) is 17.5. The van der Waals surface area contributed by atoms with Crippen LogP contribution in [0.25, 0.3) is 0 Å². The first-order valence-electron chi connectivity index (χ1n) is 7.81. The van der Waals surface area contributed by atoms with Gasteiger partial charge >= 0.3 is 6.09 Å². The van der Waals surface area contributed by atoms with Gasteiger partial charge in [0.2, 0.25) is 5.91 Å². The van der Waals surface area contributed by atoms with E-state index in [9.17, 15) is 9.59 Å². The summed E-state index contributed by atoms with van der Waals surface area (Å²) < 4.78 is 5.36. The lowest BCUT2D eigenvalue weighted by molar-refractivity contribution is -0.113. The van der Waals surface area contributed by atoms with Crippen molar-refractivity contribution in [3.63, 3.8) is 0 Å². The Morgan fingerprint density at radius 2 is 1.92 bits per heavy atom. The molecule has 1 fully saturated rings. The minimum atomic E-state index is -0.976. The third-order valence-electron chi connectivity index (χ3n) is 4.02. The third-order valence-corrected chi connectivity index (χ3v) is 4.26. The fraction of sp³-hybridized carbons (Fsp3) is 0.500. The Bertz CT molecular complexity index is 589. The van der Waals surface area contributed by atoms with Gasteiger partial charge in [0.25, 0.3) is 0 Å². The lowest BCUT2D eigenvalue weighted by Crippen LogP contribution is -2.39. The van der Waals surface area contributed by atoms with Crippen LogP contribution in [-0.4, -0.2) is 42.2 Å². The van der Waals surface area contributed by atoms with Gasteiger partial charge in [-0.2, -0.15) is 0 Å². The molecule has 0 radical (unpaired) electrons. The van der Waals surface area contributed by atoms with Gasteiger partial charge in [0.15, 0.2) is 0 Å². The van der Waals surface area contributed by atoms with Gasteiger partial charge in [0, 0.05) is 17.8 Å².